The maximum Gasteiger partial charge on any atom is 0.133 e. The molecule has 0 saturated heterocycles. The Labute approximate surface area is 98.1 Å². The van der Waals surface area contributed by atoms with Crippen LogP contribution in [0.5, 0.6) is 0 Å². The van der Waals surface area contributed by atoms with Crippen LogP contribution in [0.2, 0.25) is 0 Å². The Morgan fingerprint density at radius 2 is 1.65 bits per heavy atom. The van der Waals surface area contributed by atoms with Crippen LogP contribution in [0.1, 0.15) is 5.56 Å². The molecule has 0 amide bonds. The summed E-state index contributed by atoms with van der Waals surface area (Å²) in [5.41, 5.74) is 2.71. The van der Waals surface area contributed by atoms with Gasteiger partial charge in [-0.1, -0.05) is 18.2 Å². The molecule has 0 radical (unpaired) electrons. The summed E-state index contributed by atoms with van der Waals surface area (Å²) in [5, 5.41) is 3.20. The van der Waals surface area contributed by atoms with Gasteiger partial charge in [-0.15, -0.1) is 0 Å². The molecule has 2 aromatic carbocycles. The third kappa shape index (κ3) is 1.58. The second-order valence-electron chi connectivity index (χ2n) is 4.11. The lowest BCUT2D eigenvalue weighted by molar-refractivity contribution is 0.589. The van der Waals surface area contributed by atoms with Gasteiger partial charge in [0.15, 0.2) is 0 Å². The highest BCUT2D eigenvalue weighted by atomic mass is 19.1. The van der Waals surface area contributed by atoms with Crippen LogP contribution in [-0.2, 0) is 6.42 Å². The molecule has 1 nitrogen and oxygen atoms in total. The largest absolute Gasteiger partial charge is 0.384 e. The summed E-state index contributed by atoms with van der Waals surface area (Å²) in [5.74, 6) is -1.02. The summed E-state index contributed by atoms with van der Waals surface area (Å²) in [6, 6.07) is 9.49. The molecule has 0 unspecified atom stereocenters. The van der Waals surface area contributed by atoms with Crippen LogP contribution in [0.4, 0.5) is 14.5 Å². The number of benzene rings is 2. The van der Waals surface area contributed by atoms with Gasteiger partial charge < -0.3 is 5.32 Å². The van der Waals surface area contributed by atoms with E-state index in [4.69, 9.17) is 0 Å². The van der Waals surface area contributed by atoms with Gasteiger partial charge in [-0.25, -0.2) is 8.78 Å². The van der Waals surface area contributed by atoms with Crippen molar-refractivity contribution in [1.29, 1.82) is 0 Å². The van der Waals surface area contributed by atoms with E-state index in [0.717, 1.165) is 24.2 Å². The number of hydrogen-bond acceptors (Lipinski definition) is 1. The van der Waals surface area contributed by atoms with E-state index in [1.807, 2.05) is 12.1 Å². The first-order valence-corrected chi connectivity index (χ1v) is 5.57. The van der Waals surface area contributed by atoms with E-state index >= 15 is 0 Å². The zero-order valence-corrected chi connectivity index (χ0v) is 9.13. The Balaban J connectivity index is 2.26. The SMILES string of the molecule is Fc1cccc(F)c1-c1cccc2c1CCN2. The average Bonchev–Trinajstić information content (AvgIpc) is 2.77. The van der Waals surface area contributed by atoms with Gasteiger partial charge in [-0.3, -0.25) is 0 Å². The Kier molecular flexibility index (Phi) is 2.32. The monoisotopic (exact) mass is 231 g/mol. The first kappa shape index (κ1) is 10.3. The van der Waals surface area contributed by atoms with Crippen molar-refractivity contribution in [2.24, 2.45) is 0 Å². The van der Waals surface area contributed by atoms with Crippen molar-refractivity contribution in [3.63, 3.8) is 0 Å². The maximum absolute atomic E-state index is 13.7. The molecule has 0 spiro atoms. The van der Waals surface area contributed by atoms with Crippen LogP contribution in [0.3, 0.4) is 0 Å². The fourth-order valence-corrected chi connectivity index (χ4v) is 2.33. The molecule has 2 aromatic rings. The summed E-state index contributed by atoms with van der Waals surface area (Å²) < 4.78 is 27.5. The second kappa shape index (κ2) is 3.84. The van der Waals surface area contributed by atoms with Gasteiger partial charge in [0.25, 0.3) is 0 Å². The van der Waals surface area contributed by atoms with Gasteiger partial charge in [0.05, 0.1) is 5.56 Å². The van der Waals surface area contributed by atoms with Gasteiger partial charge in [-0.05, 0) is 35.7 Å². The van der Waals surface area contributed by atoms with E-state index in [1.165, 1.54) is 18.2 Å². The average molecular weight is 231 g/mol. The zero-order chi connectivity index (χ0) is 11.8. The molecule has 1 heterocycles. The highest BCUT2D eigenvalue weighted by molar-refractivity contribution is 5.76. The summed E-state index contributed by atoms with van der Waals surface area (Å²) in [7, 11) is 0. The second-order valence-corrected chi connectivity index (χ2v) is 4.11. The fourth-order valence-electron chi connectivity index (χ4n) is 2.33. The van der Waals surface area contributed by atoms with Crippen LogP contribution in [0, 0.1) is 11.6 Å². The van der Waals surface area contributed by atoms with Crippen LogP contribution >= 0.6 is 0 Å². The Morgan fingerprint density at radius 1 is 0.941 bits per heavy atom. The lowest BCUT2D eigenvalue weighted by atomic mass is 9.97. The Bertz CT molecular complexity index is 558. The van der Waals surface area contributed by atoms with Crippen LogP contribution in [0.25, 0.3) is 11.1 Å². The molecule has 1 aliphatic rings. The molecular weight excluding hydrogens is 220 g/mol. The summed E-state index contributed by atoms with van der Waals surface area (Å²) in [6.07, 6.45) is 0.805. The summed E-state index contributed by atoms with van der Waals surface area (Å²) in [6.45, 7) is 0.822. The van der Waals surface area contributed by atoms with Crippen LogP contribution < -0.4 is 5.32 Å². The van der Waals surface area contributed by atoms with Crippen molar-refractivity contribution in [2.45, 2.75) is 6.42 Å². The van der Waals surface area contributed by atoms with Gasteiger partial charge in [0, 0.05) is 12.2 Å². The number of hydrogen-bond donors (Lipinski definition) is 1. The van der Waals surface area contributed by atoms with E-state index in [9.17, 15) is 8.78 Å². The number of rotatable bonds is 1. The molecule has 0 atom stereocenters. The lowest BCUT2D eigenvalue weighted by Crippen LogP contribution is -1.93. The van der Waals surface area contributed by atoms with Crippen molar-refractivity contribution in [2.75, 3.05) is 11.9 Å². The van der Waals surface area contributed by atoms with Crippen molar-refractivity contribution < 1.29 is 8.78 Å². The molecule has 0 aliphatic carbocycles. The van der Waals surface area contributed by atoms with Crippen molar-refractivity contribution in [1.82, 2.24) is 0 Å². The molecule has 0 aromatic heterocycles. The highest BCUT2D eigenvalue weighted by Crippen LogP contribution is 2.35. The minimum Gasteiger partial charge on any atom is -0.384 e. The molecule has 1 aliphatic heterocycles. The van der Waals surface area contributed by atoms with Crippen LogP contribution in [0.15, 0.2) is 36.4 Å². The maximum atomic E-state index is 13.7. The van der Waals surface area contributed by atoms with E-state index in [-0.39, 0.29) is 5.56 Å². The third-order valence-corrected chi connectivity index (χ3v) is 3.10. The minimum atomic E-state index is -0.509. The summed E-state index contributed by atoms with van der Waals surface area (Å²) >= 11 is 0. The number of anilines is 1. The number of fused-ring (bicyclic) bond motifs is 1. The summed E-state index contributed by atoms with van der Waals surface area (Å²) in [4.78, 5) is 0. The van der Waals surface area contributed by atoms with E-state index in [1.54, 1.807) is 6.07 Å². The highest BCUT2D eigenvalue weighted by Gasteiger charge is 2.19. The molecule has 0 bridgehead atoms. The molecule has 86 valence electrons. The molecular formula is C14H11F2N. The standard InChI is InChI=1S/C14H11F2N/c15-11-4-2-5-12(16)14(11)10-3-1-6-13-9(10)7-8-17-13/h1-6,17H,7-8H2. The van der Waals surface area contributed by atoms with E-state index in [0.29, 0.717) is 5.56 Å². The van der Waals surface area contributed by atoms with Gasteiger partial charge >= 0.3 is 0 Å². The van der Waals surface area contributed by atoms with Crippen molar-refractivity contribution in [3.05, 3.63) is 53.6 Å². The van der Waals surface area contributed by atoms with Crippen LogP contribution in [-0.4, -0.2) is 6.54 Å². The lowest BCUT2D eigenvalue weighted by Gasteiger charge is -2.09. The minimum absolute atomic E-state index is 0.0769. The normalized spacial score (nSPS) is 13.3. The smallest absolute Gasteiger partial charge is 0.133 e. The molecule has 3 rings (SSSR count). The predicted molar refractivity (Wildman–Crippen MR) is 64.0 cm³/mol. The van der Waals surface area contributed by atoms with Gasteiger partial charge in [-0.2, -0.15) is 0 Å². The zero-order valence-electron chi connectivity index (χ0n) is 9.13. The van der Waals surface area contributed by atoms with Crippen molar-refractivity contribution >= 4 is 5.69 Å². The number of nitrogens with one attached hydrogen (secondary N) is 1. The quantitative estimate of drug-likeness (QED) is 0.790. The van der Waals surface area contributed by atoms with Crippen molar-refractivity contribution in [3.8, 4) is 11.1 Å². The predicted octanol–water partition coefficient (Wildman–Crippen LogP) is 3.60. The van der Waals surface area contributed by atoms with E-state index in [2.05, 4.69) is 5.32 Å². The first-order valence-electron chi connectivity index (χ1n) is 5.57. The Morgan fingerprint density at radius 3 is 2.41 bits per heavy atom. The molecule has 3 heteroatoms. The molecule has 17 heavy (non-hydrogen) atoms. The topological polar surface area (TPSA) is 12.0 Å². The molecule has 1 N–H and O–H groups in total. The number of halogens is 2. The van der Waals surface area contributed by atoms with Gasteiger partial charge in [0.1, 0.15) is 11.6 Å². The van der Waals surface area contributed by atoms with E-state index < -0.39 is 11.6 Å². The molecule has 0 fully saturated rings. The first-order chi connectivity index (χ1) is 8.27. The Hall–Kier alpha value is -1.90. The molecule has 0 saturated carbocycles. The third-order valence-electron chi connectivity index (χ3n) is 3.10. The fraction of sp³-hybridized carbons (Fsp3) is 0.143. The van der Waals surface area contributed by atoms with Gasteiger partial charge in [0.2, 0.25) is 0 Å².